The van der Waals surface area contributed by atoms with E-state index >= 15 is 0 Å². The van der Waals surface area contributed by atoms with Gasteiger partial charge in [0, 0.05) is 6.07 Å². The van der Waals surface area contributed by atoms with Gasteiger partial charge in [-0.15, -0.1) is 0 Å². The molecule has 1 amide bonds. The predicted molar refractivity (Wildman–Crippen MR) is 93.0 cm³/mol. The van der Waals surface area contributed by atoms with Crippen LogP contribution in [0.2, 0.25) is 0 Å². The maximum absolute atomic E-state index is 11.9. The van der Waals surface area contributed by atoms with E-state index in [2.05, 4.69) is 0 Å². The van der Waals surface area contributed by atoms with Crippen molar-refractivity contribution >= 4 is 23.6 Å². The number of aliphatic hydroxyl groups is 2. The Morgan fingerprint density at radius 3 is 2.74 bits per heavy atom. The van der Waals surface area contributed by atoms with Crippen molar-refractivity contribution in [3.63, 3.8) is 0 Å². The van der Waals surface area contributed by atoms with Crippen LogP contribution in [0.5, 0.6) is 0 Å². The van der Waals surface area contributed by atoms with Crippen molar-refractivity contribution in [1.29, 1.82) is 0 Å². The lowest BCUT2D eigenvalue weighted by Gasteiger charge is -2.16. The molecule has 9 nitrogen and oxygen atoms in total. The second kappa shape index (κ2) is 10.8. The van der Waals surface area contributed by atoms with Crippen molar-refractivity contribution in [2.24, 2.45) is 11.5 Å². The highest BCUT2D eigenvalue weighted by molar-refractivity contribution is 7.98. The zero-order valence-electron chi connectivity index (χ0n) is 14.7. The van der Waals surface area contributed by atoms with Gasteiger partial charge in [0.25, 0.3) is 12.1 Å². The monoisotopic (exact) mass is 421 g/mol. The number of nitrogens with zero attached hydrogens (tertiary/aromatic N) is 1. The van der Waals surface area contributed by atoms with E-state index in [1.165, 1.54) is 16.8 Å². The van der Waals surface area contributed by atoms with Gasteiger partial charge in [-0.2, -0.15) is 16.3 Å². The molecular formula is C16H24ClN3O6S. The predicted octanol–water partition coefficient (Wildman–Crippen LogP) is -4.68. The molecule has 2 heterocycles. The van der Waals surface area contributed by atoms with E-state index in [0.29, 0.717) is 6.42 Å². The summed E-state index contributed by atoms with van der Waals surface area (Å²) in [5.74, 6) is -0.486. The van der Waals surface area contributed by atoms with Crippen LogP contribution in [-0.2, 0) is 14.3 Å². The van der Waals surface area contributed by atoms with E-state index < -0.39 is 42.5 Å². The molecule has 1 saturated heterocycles. The number of thioether (sulfide) groups is 1. The molecule has 2 rings (SSSR count). The SMILES string of the molecule is CSCC[C@H](N)C(=O)OC[C@H]1O[C@@H]([n+]2cccc(C(N)=O)c2)[C@H](O)[C@@H]1O.[Cl-]. The molecule has 1 aliphatic rings. The molecule has 0 bridgehead atoms. The summed E-state index contributed by atoms with van der Waals surface area (Å²) in [6.07, 6.45) is 0.976. The highest BCUT2D eigenvalue weighted by Crippen LogP contribution is 2.25. The summed E-state index contributed by atoms with van der Waals surface area (Å²) in [4.78, 5) is 23.1. The molecule has 1 aromatic heterocycles. The number of pyridine rings is 1. The smallest absolute Gasteiger partial charge is 0.323 e. The normalized spacial score (nSPS) is 25.5. The van der Waals surface area contributed by atoms with Crippen LogP contribution in [0.3, 0.4) is 0 Å². The number of nitrogens with two attached hydrogens (primary N) is 2. The number of esters is 1. The fourth-order valence-electron chi connectivity index (χ4n) is 2.54. The Labute approximate surface area is 167 Å². The molecule has 27 heavy (non-hydrogen) atoms. The fraction of sp³-hybridized carbons (Fsp3) is 0.562. The molecule has 0 unspecified atom stereocenters. The summed E-state index contributed by atoms with van der Waals surface area (Å²) in [6.45, 7) is -0.239. The van der Waals surface area contributed by atoms with Crippen molar-refractivity contribution in [3.8, 4) is 0 Å². The van der Waals surface area contributed by atoms with E-state index in [4.69, 9.17) is 20.9 Å². The Balaban J connectivity index is 0.00000364. The Bertz CT molecular complexity index is 652. The molecular weight excluding hydrogens is 398 g/mol. The zero-order chi connectivity index (χ0) is 19.3. The number of primary amides is 1. The number of hydrogen-bond acceptors (Lipinski definition) is 8. The molecule has 0 spiro atoms. The van der Waals surface area contributed by atoms with Gasteiger partial charge in [0.15, 0.2) is 18.5 Å². The third-order valence-electron chi connectivity index (χ3n) is 4.06. The van der Waals surface area contributed by atoms with Crippen LogP contribution >= 0.6 is 11.8 Å². The minimum Gasteiger partial charge on any atom is -1.00 e. The van der Waals surface area contributed by atoms with Crippen LogP contribution in [0.15, 0.2) is 24.5 Å². The molecule has 0 saturated carbocycles. The highest BCUT2D eigenvalue weighted by Gasteiger charge is 2.48. The van der Waals surface area contributed by atoms with Crippen molar-refractivity contribution in [2.45, 2.75) is 37.0 Å². The summed E-state index contributed by atoms with van der Waals surface area (Å²) >= 11 is 1.57. The van der Waals surface area contributed by atoms with Gasteiger partial charge < -0.3 is 43.6 Å². The van der Waals surface area contributed by atoms with E-state index in [9.17, 15) is 19.8 Å². The first-order chi connectivity index (χ1) is 12.3. The Morgan fingerprint density at radius 1 is 1.41 bits per heavy atom. The number of ether oxygens (including phenoxy) is 2. The zero-order valence-corrected chi connectivity index (χ0v) is 16.3. The number of amides is 1. The Morgan fingerprint density at radius 2 is 2.11 bits per heavy atom. The van der Waals surface area contributed by atoms with E-state index in [-0.39, 0.29) is 24.6 Å². The molecule has 0 radical (unpaired) electrons. The van der Waals surface area contributed by atoms with Gasteiger partial charge in [-0.05, 0) is 24.5 Å². The van der Waals surface area contributed by atoms with Gasteiger partial charge in [-0.25, -0.2) is 0 Å². The first kappa shape index (κ1) is 23.6. The number of halogens is 1. The molecule has 1 aliphatic heterocycles. The van der Waals surface area contributed by atoms with E-state index in [1.54, 1.807) is 24.0 Å². The van der Waals surface area contributed by atoms with Gasteiger partial charge in [-0.3, -0.25) is 9.59 Å². The average Bonchev–Trinajstić information content (AvgIpc) is 2.92. The van der Waals surface area contributed by atoms with E-state index in [1.807, 2.05) is 6.26 Å². The molecule has 11 heteroatoms. The van der Waals surface area contributed by atoms with Crippen molar-refractivity contribution in [3.05, 3.63) is 30.1 Å². The van der Waals surface area contributed by atoms with Crippen molar-refractivity contribution < 1.29 is 46.2 Å². The lowest BCUT2D eigenvalue weighted by Crippen LogP contribution is -3.00. The third-order valence-corrected chi connectivity index (χ3v) is 4.71. The molecule has 0 aromatic carbocycles. The number of carbonyl (C=O) groups excluding carboxylic acids is 2. The fourth-order valence-corrected chi connectivity index (χ4v) is 3.03. The van der Waals surface area contributed by atoms with Crippen molar-refractivity contribution in [2.75, 3.05) is 18.6 Å². The second-order valence-corrected chi connectivity index (χ2v) is 6.95. The summed E-state index contributed by atoms with van der Waals surface area (Å²) in [5.41, 5.74) is 11.2. The molecule has 0 aliphatic carbocycles. The molecule has 5 atom stereocenters. The van der Waals surface area contributed by atoms with Crippen LogP contribution in [0.25, 0.3) is 0 Å². The Hall–Kier alpha value is -1.43. The van der Waals surface area contributed by atoms with Gasteiger partial charge in [0.1, 0.15) is 30.4 Å². The Kier molecular flexibility index (Phi) is 9.43. The van der Waals surface area contributed by atoms with Crippen LogP contribution in [-0.4, -0.2) is 65.1 Å². The molecule has 6 N–H and O–H groups in total. The first-order valence-corrected chi connectivity index (χ1v) is 9.48. The van der Waals surface area contributed by atoms with Crippen LogP contribution < -0.4 is 28.4 Å². The number of rotatable bonds is 8. The average molecular weight is 422 g/mol. The lowest BCUT2D eigenvalue weighted by atomic mass is 10.1. The standard InChI is InChI=1S/C16H23N3O6S.ClH/c1-26-6-4-10(17)16(23)24-8-11-12(20)13(21)15(25-11)19-5-2-3-9(7-19)14(18)22;/h2-3,5,7,10-13,15,20-21H,4,6,8,17H2,1H3,(H-,18,22);1H/t10-,11+,12+,13+,15+;/m0./s1. The topological polar surface area (TPSA) is 149 Å². The first-order valence-electron chi connectivity index (χ1n) is 8.08. The molecule has 1 fully saturated rings. The highest BCUT2D eigenvalue weighted by atomic mass is 35.5. The molecule has 1 aromatic rings. The maximum Gasteiger partial charge on any atom is 0.323 e. The third kappa shape index (κ3) is 6.03. The van der Waals surface area contributed by atoms with Gasteiger partial charge in [0.05, 0.1) is 0 Å². The van der Waals surface area contributed by atoms with Gasteiger partial charge in [-0.1, -0.05) is 0 Å². The number of aliphatic hydroxyl groups excluding tert-OH is 2. The quantitative estimate of drug-likeness (QED) is 0.242. The second-order valence-electron chi connectivity index (χ2n) is 5.97. The summed E-state index contributed by atoms with van der Waals surface area (Å²) in [7, 11) is 0. The van der Waals surface area contributed by atoms with Crippen LogP contribution in [0, 0.1) is 0 Å². The van der Waals surface area contributed by atoms with Crippen LogP contribution in [0.4, 0.5) is 0 Å². The molecule has 152 valence electrons. The summed E-state index contributed by atoms with van der Waals surface area (Å²) < 4.78 is 12.1. The van der Waals surface area contributed by atoms with Gasteiger partial charge >= 0.3 is 5.97 Å². The van der Waals surface area contributed by atoms with Crippen LogP contribution in [0.1, 0.15) is 23.0 Å². The van der Waals surface area contributed by atoms with Crippen molar-refractivity contribution in [1.82, 2.24) is 0 Å². The number of aromatic nitrogens is 1. The van der Waals surface area contributed by atoms with Gasteiger partial charge in [0.2, 0.25) is 0 Å². The minimum absolute atomic E-state index is 0. The summed E-state index contributed by atoms with van der Waals surface area (Å²) in [5, 5.41) is 20.4. The number of hydrogen-bond donors (Lipinski definition) is 4. The largest absolute Gasteiger partial charge is 1.00 e. The maximum atomic E-state index is 11.9. The summed E-state index contributed by atoms with van der Waals surface area (Å²) in [6, 6.07) is 2.34. The van der Waals surface area contributed by atoms with E-state index in [0.717, 1.165) is 5.75 Å². The number of carbonyl (C=O) groups is 2. The lowest BCUT2D eigenvalue weighted by molar-refractivity contribution is -0.765. The minimum atomic E-state index is -1.27.